The molecule has 2 N–H and O–H groups in total. The van der Waals surface area contributed by atoms with Gasteiger partial charge in [-0.1, -0.05) is 44.2 Å². The van der Waals surface area contributed by atoms with E-state index in [1.54, 1.807) is 0 Å². The van der Waals surface area contributed by atoms with Crippen molar-refractivity contribution >= 4 is 16.7 Å². The molecule has 1 aliphatic heterocycles. The van der Waals surface area contributed by atoms with E-state index in [2.05, 4.69) is 43.3 Å². The third-order valence-electron chi connectivity index (χ3n) is 7.04. The molecule has 2 aromatic heterocycles. The molecule has 7 nitrogen and oxygen atoms in total. The van der Waals surface area contributed by atoms with Gasteiger partial charge in [-0.05, 0) is 73.1 Å². The van der Waals surface area contributed by atoms with Crippen molar-refractivity contribution in [2.24, 2.45) is 5.92 Å². The molecule has 2 aromatic carbocycles. The fourth-order valence-electron chi connectivity index (χ4n) is 4.96. The first-order chi connectivity index (χ1) is 17.4. The van der Waals surface area contributed by atoms with Crippen LogP contribution in [0.5, 0.6) is 11.5 Å². The van der Waals surface area contributed by atoms with Gasteiger partial charge >= 0.3 is 0 Å². The zero-order valence-corrected chi connectivity index (χ0v) is 21.4. The van der Waals surface area contributed by atoms with Crippen LogP contribution < -0.4 is 10.5 Å². The molecule has 0 bridgehead atoms. The first kappa shape index (κ1) is 24.3. The molecule has 1 saturated heterocycles. The van der Waals surface area contributed by atoms with Gasteiger partial charge in [0, 0.05) is 36.8 Å². The summed E-state index contributed by atoms with van der Waals surface area (Å²) in [5, 5.41) is 9.82. The molecule has 1 fully saturated rings. The molecule has 0 amide bonds. The topological polar surface area (TPSA) is 88.1 Å². The first-order valence-electron chi connectivity index (χ1n) is 12.8. The van der Waals surface area contributed by atoms with Gasteiger partial charge in [0.2, 0.25) is 0 Å². The second-order valence-electron chi connectivity index (χ2n) is 10.7. The highest BCUT2D eigenvalue weighted by Crippen LogP contribution is 2.39. The Kier molecular flexibility index (Phi) is 6.92. The monoisotopic (exact) mass is 485 g/mol. The highest BCUT2D eigenvalue weighted by atomic mass is 16.5. The summed E-state index contributed by atoms with van der Waals surface area (Å²) in [7, 11) is 0. The van der Waals surface area contributed by atoms with E-state index in [1.807, 2.05) is 53.2 Å². The number of fused-ring (bicyclic) bond motifs is 1. The van der Waals surface area contributed by atoms with E-state index in [-0.39, 0.29) is 11.3 Å². The van der Waals surface area contributed by atoms with Crippen LogP contribution in [0, 0.1) is 5.92 Å². The van der Waals surface area contributed by atoms with Crippen molar-refractivity contribution in [2.45, 2.75) is 57.9 Å². The van der Waals surface area contributed by atoms with Crippen LogP contribution in [0.2, 0.25) is 0 Å². The summed E-state index contributed by atoms with van der Waals surface area (Å²) in [6.07, 6.45) is 5.01. The minimum atomic E-state index is -0.0232. The largest absolute Gasteiger partial charge is 0.457 e. The number of benzene rings is 2. The van der Waals surface area contributed by atoms with Crippen LogP contribution >= 0.6 is 0 Å². The Hall–Kier alpha value is -3.45. The lowest BCUT2D eigenvalue weighted by Gasteiger charge is -2.31. The molecule has 3 heterocycles. The Morgan fingerprint density at radius 1 is 1.06 bits per heavy atom. The Labute approximate surface area is 212 Å². The van der Waals surface area contributed by atoms with Crippen molar-refractivity contribution in [2.75, 3.05) is 18.9 Å². The fraction of sp³-hybridized carbons (Fsp3) is 0.414. The number of aryl methyl sites for hydroxylation is 1. The molecule has 1 unspecified atom stereocenters. The maximum atomic E-state index is 6.58. The average Bonchev–Trinajstić information content (AvgIpc) is 3.36. The van der Waals surface area contributed by atoms with Gasteiger partial charge < -0.3 is 15.2 Å². The van der Waals surface area contributed by atoms with Gasteiger partial charge in [0.05, 0.1) is 11.2 Å². The van der Waals surface area contributed by atoms with Crippen molar-refractivity contribution in [3.63, 3.8) is 0 Å². The van der Waals surface area contributed by atoms with Gasteiger partial charge in [-0.25, -0.2) is 4.98 Å². The lowest BCUT2D eigenvalue weighted by Crippen LogP contribution is -2.24. The van der Waals surface area contributed by atoms with Gasteiger partial charge in [-0.3, -0.25) is 4.68 Å². The second kappa shape index (κ2) is 10.3. The summed E-state index contributed by atoms with van der Waals surface area (Å²) in [6.45, 7) is 8.82. The van der Waals surface area contributed by atoms with Crippen LogP contribution in [0.1, 0.15) is 57.2 Å². The van der Waals surface area contributed by atoms with Crippen molar-refractivity contribution in [3.8, 4) is 11.5 Å². The lowest BCUT2D eigenvalue weighted by atomic mass is 9.79. The summed E-state index contributed by atoms with van der Waals surface area (Å²) >= 11 is 0. The number of anilines is 1. The minimum absolute atomic E-state index is 0.0232. The summed E-state index contributed by atoms with van der Waals surface area (Å²) in [6, 6.07) is 18.0. The van der Waals surface area contributed by atoms with Crippen molar-refractivity contribution in [1.82, 2.24) is 20.0 Å². The Bertz CT molecular complexity index is 1310. The Morgan fingerprint density at radius 3 is 2.56 bits per heavy atom. The van der Waals surface area contributed by atoms with E-state index < -0.39 is 0 Å². The maximum absolute atomic E-state index is 6.58. The number of pyridine rings is 1. The van der Waals surface area contributed by atoms with Crippen LogP contribution in [0.4, 0.5) is 5.82 Å². The van der Waals surface area contributed by atoms with Crippen molar-refractivity contribution < 1.29 is 9.47 Å². The molecular formula is C29H35N5O2. The Balaban J connectivity index is 1.44. The predicted molar refractivity (Wildman–Crippen MR) is 142 cm³/mol. The number of hydrogen-bond acceptors (Lipinski definition) is 6. The quantitative estimate of drug-likeness (QED) is 0.340. The van der Waals surface area contributed by atoms with Crippen molar-refractivity contribution in [1.29, 1.82) is 0 Å². The molecule has 0 spiro atoms. The van der Waals surface area contributed by atoms with Gasteiger partial charge in [-0.15, -0.1) is 5.10 Å². The fourth-order valence-corrected chi connectivity index (χ4v) is 4.96. The van der Waals surface area contributed by atoms with Crippen LogP contribution in [0.25, 0.3) is 10.9 Å². The molecule has 188 valence electrons. The highest BCUT2D eigenvalue weighted by molar-refractivity contribution is 5.83. The van der Waals surface area contributed by atoms with Crippen LogP contribution in [-0.4, -0.2) is 33.2 Å². The van der Waals surface area contributed by atoms with Gasteiger partial charge in [0.25, 0.3) is 0 Å². The zero-order chi connectivity index (χ0) is 25.1. The van der Waals surface area contributed by atoms with E-state index in [9.17, 15) is 0 Å². The standard InChI is InChI=1S/C29H35N5O2/c1-29(2,3)27-19-34(33-32-27)14-11-24(20-12-15-35-16-13-20)25-18-21-17-23(9-10-26(21)31-28(25)30)36-22-7-5-4-6-8-22/h4-10,17-20,24H,11-16H2,1-3H3,(H2,30,31). The normalized spacial score (nSPS) is 15.8. The van der Waals surface area contributed by atoms with E-state index in [4.69, 9.17) is 20.2 Å². The Morgan fingerprint density at radius 2 is 1.83 bits per heavy atom. The van der Waals surface area contributed by atoms with Crippen LogP contribution in [0.3, 0.4) is 0 Å². The number of hydrogen-bond donors (Lipinski definition) is 1. The minimum Gasteiger partial charge on any atom is -0.457 e. The molecule has 7 heteroatoms. The number of nitrogen functional groups attached to an aromatic ring is 1. The zero-order valence-electron chi connectivity index (χ0n) is 21.4. The van der Waals surface area contributed by atoms with Gasteiger partial charge in [-0.2, -0.15) is 0 Å². The number of ether oxygens (including phenoxy) is 2. The molecule has 5 rings (SSSR count). The van der Waals surface area contributed by atoms with E-state index in [1.165, 1.54) is 0 Å². The molecule has 1 atom stereocenters. The van der Waals surface area contributed by atoms with Gasteiger partial charge in [0.15, 0.2) is 0 Å². The number of para-hydroxylation sites is 1. The molecule has 4 aromatic rings. The molecular weight excluding hydrogens is 450 g/mol. The van der Waals surface area contributed by atoms with Crippen molar-refractivity contribution in [3.05, 3.63) is 72.1 Å². The third kappa shape index (κ3) is 5.51. The van der Waals surface area contributed by atoms with E-state index in [0.29, 0.717) is 11.7 Å². The SMILES string of the molecule is CC(C)(C)c1cn(CCC(c2cc3cc(Oc4ccccc4)ccc3nc2N)C2CCOCC2)nn1. The van der Waals surface area contributed by atoms with Crippen LogP contribution in [0.15, 0.2) is 60.8 Å². The molecule has 36 heavy (non-hydrogen) atoms. The third-order valence-corrected chi connectivity index (χ3v) is 7.04. The molecule has 0 aliphatic carbocycles. The van der Waals surface area contributed by atoms with Crippen LogP contribution in [-0.2, 0) is 16.7 Å². The molecule has 0 radical (unpaired) electrons. The number of rotatable bonds is 7. The first-order valence-corrected chi connectivity index (χ1v) is 12.8. The lowest BCUT2D eigenvalue weighted by molar-refractivity contribution is 0.0561. The maximum Gasteiger partial charge on any atom is 0.128 e. The highest BCUT2D eigenvalue weighted by Gasteiger charge is 2.28. The second-order valence-corrected chi connectivity index (χ2v) is 10.7. The summed E-state index contributed by atoms with van der Waals surface area (Å²) in [5.74, 6) is 2.93. The number of nitrogens with zero attached hydrogens (tertiary/aromatic N) is 4. The van der Waals surface area contributed by atoms with E-state index in [0.717, 1.165) is 72.7 Å². The predicted octanol–water partition coefficient (Wildman–Crippen LogP) is 6.10. The average molecular weight is 486 g/mol. The smallest absolute Gasteiger partial charge is 0.128 e. The summed E-state index contributed by atoms with van der Waals surface area (Å²) < 4.78 is 13.7. The molecule has 1 aliphatic rings. The van der Waals surface area contributed by atoms with E-state index >= 15 is 0 Å². The summed E-state index contributed by atoms with van der Waals surface area (Å²) in [4.78, 5) is 4.79. The van der Waals surface area contributed by atoms with Gasteiger partial charge in [0.1, 0.15) is 17.3 Å². The number of aromatic nitrogens is 4. The summed E-state index contributed by atoms with van der Waals surface area (Å²) in [5.41, 5.74) is 9.53. The number of nitrogens with two attached hydrogens (primary N) is 1. The molecule has 0 saturated carbocycles.